The zero-order valence-electron chi connectivity index (χ0n) is 9.21. The molecule has 0 heterocycles. The van der Waals surface area contributed by atoms with Crippen molar-refractivity contribution in [1.82, 2.24) is 0 Å². The molecule has 0 unspecified atom stereocenters. The molecule has 0 amide bonds. The molecule has 0 aliphatic carbocycles. The van der Waals surface area contributed by atoms with E-state index in [2.05, 4.69) is 0 Å². The quantitative estimate of drug-likeness (QED) is 0.489. The van der Waals surface area contributed by atoms with Crippen LogP contribution in [0.25, 0.3) is 0 Å². The SMILES string of the molecule is O=C(C[Se]c1ccccc1)Oc1ccccc1. The number of ether oxygens (including phenoxy) is 1. The fraction of sp³-hybridized carbons (Fsp3) is 0.0714. The third kappa shape index (κ3) is 4.06. The Kier molecular flexibility index (Phi) is 4.37. The van der Waals surface area contributed by atoms with E-state index in [1.54, 1.807) is 12.1 Å². The van der Waals surface area contributed by atoms with Gasteiger partial charge in [-0.05, 0) is 0 Å². The van der Waals surface area contributed by atoms with Crippen molar-refractivity contribution in [1.29, 1.82) is 0 Å². The van der Waals surface area contributed by atoms with Gasteiger partial charge in [0.1, 0.15) is 0 Å². The molecule has 3 heteroatoms. The number of carbonyl (C=O) groups is 1. The molecule has 86 valence electrons. The molecule has 0 aromatic heterocycles. The Morgan fingerprint density at radius 3 is 2.18 bits per heavy atom. The van der Waals surface area contributed by atoms with Crippen LogP contribution in [0.3, 0.4) is 0 Å². The number of hydrogen-bond donors (Lipinski definition) is 0. The topological polar surface area (TPSA) is 26.3 Å². The normalized spacial score (nSPS) is 9.88. The Morgan fingerprint density at radius 1 is 0.941 bits per heavy atom. The van der Waals surface area contributed by atoms with Crippen LogP contribution in [-0.4, -0.2) is 20.9 Å². The molecular weight excluding hydrogens is 279 g/mol. The van der Waals surface area contributed by atoms with Crippen molar-refractivity contribution in [2.45, 2.75) is 5.32 Å². The van der Waals surface area contributed by atoms with Gasteiger partial charge in [-0.3, -0.25) is 0 Å². The Hall–Kier alpha value is -1.57. The van der Waals surface area contributed by atoms with Gasteiger partial charge in [0.2, 0.25) is 0 Å². The first-order valence-corrected chi connectivity index (χ1v) is 7.35. The average Bonchev–Trinajstić information content (AvgIpc) is 2.39. The minimum absolute atomic E-state index is 0.146. The van der Waals surface area contributed by atoms with Gasteiger partial charge in [-0.1, -0.05) is 0 Å². The van der Waals surface area contributed by atoms with Gasteiger partial charge >= 0.3 is 107 Å². The minimum atomic E-state index is -0.167. The first-order valence-electron chi connectivity index (χ1n) is 5.28. The van der Waals surface area contributed by atoms with E-state index in [1.165, 1.54) is 4.46 Å². The monoisotopic (exact) mass is 292 g/mol. The first-order chi connectivity index (χ1) is 8.34. The zero-order valence-corrected chi connectivity index (χ0v) is 10.9. The Bertz CT molecular complexity index is 468. The third-order valence-corrected chi connectivity index (χ3v) is 4.14. The molecule has 0 fully saturated rings. The van der Waals surface area contributed by atoms with Gasteiger partial charge in [-0.15, -0.1) is 0 Å². The average molecular weight is 291 g/mol. The van der Waals surface area contributed by atoms with Gasteiger partial charge in [-0.25, -0.2) is 0 Å². The van der Waals surface area contributed by atoms with Crippen LogP contribution in [-0.2, 0) is 4.79 Å². The van der Waals surface area contributed by atoms with Gasteiger partial charge in [0.05, 0.1) is 0 Å². The van der Waals surface area contributed by atoms with Crippen molar-refractivity contribution >= 4 is 25.4 Å². The van der Waals surface area contributed by atoms with Crippen molar-refractivity contribution in [3.63, 3.8) is 0 Å². The van der Waals surface area contributed by atoms with E-state index in [0.717, 1.165) is 0 Å². The van der Waals surface area contributed by atoms with Crippen molar-refractivity contribution in [2.24, 2.45) is 0 Å². The fourth-order valence-electron chi connectivity index (χ4n) is 1.31. The van der Waals surface area contributed by atoms with Gasteiger partial charge in [-0.2, -0.15) is 0 Å². The van der Waals surface area contributed by atoms with Crippen LogP contribution in [0, 0.1) is 0 Å². The van der Waals surface area contributed by atoms with Crippen molar-refractivity contribution in [3.05, 3.63) is 60.7 Å². The van der Waals surface area contributed by atoms with Crippen LogP contribution in [0.15, 0.2) is 60.7 Å². The molecule has 17 heavy (non-hydrogen) atoms. The molecule has 2 aromatic carbocycles. The standard InChI is InChI=1S/C14H12O2Se/c15-14(16-12-7-3-1-4-8-12)11-17-13-9-5-2-6-10-13/h1-10H,11H2. The van der Waals surface area contributed by atoms with Crippen LogP contribution >= 0.6 is 0 Å². The molecule has 0 aliphatic heterocycles. The Labute approximate surface area is 107 Å². The van der Waals surface area contributed by atoms with E-state index < -0.39 is 0 Å². The summed E-state index contributed by atoms with van der Waals surface area (Å²) in [5.74, 6) is 0.446. The summed E-state index contributed by atoms with van der Waals surface area (Å²) in [5, 5.41) is 0.464. The second kappa shape index (κ2) is 6.24. The van der Waals surface area contributed by atoms with Crippen molar-refractivity contribution < 1.29 is 9.53 Å². The summed E-state index contributed by atoms with van der Waals surface area (Å²) in [7, 11) is 0. The van der Waals surface area contributed by atoms with Gasteiger partial charge in [0, 0.05) is 0 Å². The van der Waals surface area contributed by atoms with E-state index in [-0.39, 0.29) is 20.9 Å². The van der Waals surface area contributed by atoms with Crippen LogP contribution in [0.1, 0.15) is 0 Å². The summed E-state index contributed by atoms with van der Waals surface area (Å²) in [6.07, 6.45) is 0. The van der Waals surface area contributed by atoms with Crippen LogP contribution < -0.4 is 9.20 Å². The summed E-state index contributed by atoms with van der Waals surface area (Å²) in [5.41, 5.74) is 0. The van der Waals surface area contributed by atoms with E-state index >= 15 is 0 Å². The van der Waals surface area contributed by atoms with E-state index in [0.29, 0.717) is 11.1 Å². The molecule has 0 bridgehead atoms. The number of hydrogen-bond acceptors (Lipinski definition) is 2. The first kappa shape index (κ1) is 11.9. The third-order valence-electron chi connectivity index (χ3n) is 2.07. The number of rotatable bonds is 4. The predicted octanol–water partition coefficient (Wildman–Crippen LogP) is 2.04. The summed E-state index contributed by atoms with van der Waals surface area (Å²) in [6.45, 7) is 0. The van der Waals surface area contributed by atoms with E-state index in [9.17, 15) is 4.79 Å². The molecule has 0 spiro atoms. The number of para-hydroxylation sites is 1. The summed E-state index contributed by atoms with van der Waals surface area (Å²) in [4.78, 5) is 11.6. The Morgan fingerprint density at radius 2 is 1.53 bits per heavy atom. The molecule has 2 rings (SSSR count). The summed E-state index contributed by atoms with van der Waals surface area (Å²) in [6, 6.07) is 19.2. The molecular formula is C14H12O2Se. The summed E-state index contributed by atoms with van der Waals surface area (Å²) >= 11 is 0.146. The molecule has 0 atom stereocenters. The van der Waals surface area contributed by atoms with E-state index in [1.807, 2.05) is 48.5 Å². The maximum atomic E-state index is 11.6. The summed E-state index contributed by atoms with van der Waals surface area (Å²) < 4.78 is 6.43. The van der Waals surface area contributed by atoms with Gasteiger partial charge in [0.25, 0.3) is 0 Å². The predicted molar refractivity (Wildman–Crippen MR) is 68.7 cm³/mol. The molecule has 0 radical (unpaired) electrons. The fourth-order valence-corrected chi connectivity index (χ4v) is 2.76. The van der Waals surface area contributed by atoms with Crippen molar-refractivity contribution in [2.75, 3.05) is 0 Å². The van der Waals surface area contributed by atoms with Crippen LogP contribution in [0.5, 0.6) is 5.75 Å². The molecule has 0 N–H and O–H groups in total. The number of benzene rings is 2. The van der Waals surface area contributed by atoms with E-state index in [4.69, 9.17) is 4.74 Å². The maximum absolute atomic E-state index is 11.6. The second-order valence-corrected chi connectivity index (χ2v) is 5.59. The van der Waals surface area contributed by atoms with Crippen LogP contribution in [0.2, 0.25) is 5.32 Å². The Balaban J connectivity index is 1.83. The number of esters is 1. The number of carbonyl (C=O) groups excluding carboxylic acids is 1. The molecule has 2 nitrogen and oxygen atoms in total. The second-order valence-electron chi connectivity index (χ2n) is 3.39. The van der Waals surface area contributed by atoms with Gasteiger partial charge < -0.3 is 0 Å². The van der Waals surface area contributed by atoms with Crippen LogP contribution in [0.4, 0.5) is 0 Å². The molecule has 0 aliphatic rings. The molecule has 2 aromatic rings. The molecule has 0 saturated heterocycles. The molecule has 0 saturated carbocycles. The van der Waals surface area contributed by atoms with Gasteiger partial charge in [0.15, 0.2) is 0 Å². The van der Waals surface area contributed by atoms with Crippen molar-refractivity contribution in [3.8, 4) is 5.75 Å². The zero-order chi connectivity index (χ0) is 11.9.